The largest absolute Gasteiger partial charge is 0.619 e. The van der Waals surface area contributed by atoms with Crippen LogP contribution in [0.15, 0.2) is 42.9 Å². The maximum absolute atomic E-state index is 11.3. The number of nitriles is 1. The zero-order chi connectivity index (χ0) is 15.7. The number of hydrogen-bond acceptors (Lipinski definition) is 6. The Labute approximate surface area is 123 Å². The van der Waals surface area contributed by atoms with Gasteiger partial charge in [0.15, 0.2) is 36.3 Å². The quantitative estimate of drug-likeness (QED) is 0.402. The Balaban J connectivity index is 2.06. The predicted molar refractivity (Wildman–Crippen MR) is 70.7 cm³/mol. The van der Waals surface area contributed by atoms with Crippen molar-refractivity contribution in [3.63, 3.8) is 0 Å². The first-order valence-corrected chi connectivity index (χ1v) is 6.07. The highest BCUT2D eigenvalue weighted by molar-refractivity contribution is 5.61. The lowest BCUT2D eigenvalue weighted by atomic mass is 10.2. The van der Waals surface area contributed by atoms with Crippen LogP contribution < -0.4 is 9.46 Å². The Morgan fingerprint density at radius 3 is 2.50 bits per heavy atom. The van der Waals surface area contributed by atoms with Crippen molar-refractivity contribution >= 4 is 0 Å². The summed E-state index contributed by atoms with van der Waals surface area (Å²) in [5.41, 5.74) is 0.769. The first-order chi connectivity index (χ1) is 10.6. The predicted octanol–water partition coefficient (Wildman–Crippen LogP) is -0.0121. The van der Waals surface area contributed by atoms with E-state index in [0.717, 1.165) is 6.20 Å². The number of hydrogen-bond donors (Lipinski definition) is 1. The van der Waals surface area contributed by atoms with E-state index in [9.17, 15) is 15.6 Å². The van der Waals surface area contributed by atoms with E-state index in [-0.39, 0.29) is 17.3 Å². The van der Waals surface area contributed by atoms with Crippen molar-refractivity contribution < 1.29 is 14.7 Å². The van der Waals surface area contributed by atoms with Crippen LogP contribution in [-0.2, 0) is 0 Å². The first kappa shape index (κ1) is 13.3. The highest BCUT2D eigenvalue weighted by Crippen LogP contribution is 2.20. The molecule has 9 heteroatoms. The van der Waals surface area contributed by atoms with Crippen LogP contribution in [0, 0.1) is 21.7 Å². The van der Waals surface area contributed by atoms with Crippen molar-refractivity contribution in [3.05, 3.63) is 59.0 Å². The van der Waals surface area contributed by atoms with Crippen molar-refractivity contribution in [1.29, 1.82) is 5.26 Å². The molecule has 3 heterocycles. The fraction of sp³-hybridized carbons (Fsp3) is 0. The van der Waals surface area contributed by atoms with E-state index >= 15 is 0 Å². The molecule has 0 aromatic carbocycles. The summed E-state index contributed by atoms with van der Waals surface area (Å²) in [5.74, 6) is 0.279. The Morgan fingerprint density at radius 2 is 1.82 bits per heavy atom. The van der Waals surface area contributed by atoms with Crippen LogP contribution in [0.2, 0.25) is 0 Å². The lowest BCUT2D eigenvalue weighted by molar-refractivity contribution is -0.608. The van der Waals surface area contributed by atoms with Crippen molar-refractivity contribution in [2.24, 2.45) is 0 Å². The molecule has 1 N–H and O–H groups in total. The van der Waals surface area contributed by atoms with Crippen molar-refractivity contribution in [3.8, 4) is 28.8 Å². The van der Waals surface area contributed by atoms with Crippen molar-refractivity contribution in [2.45, 2.75) is 0 Å². The molecule has 0 aliphatic carbocycles. The summed E-state index contributed by atoms with van der Waals surface area (Å²) in [6.45, 7) is 0. The molecule has 108 valence electrons. The Kier molecular flexibility index (Phi) is 3.04. The SMILES string of the molecule is N#Cc1cc(-c2nc(-c3cc[n+]([O-])cc3)nn2O)cc[n+]1[O-]. The second-order valence-corrected chi connectivity index (χ2v) is 4.33. The van der Waals surface area contributed by atoms with Gasteiger partial charge in [0.2, 0.25) is 0 Å². The smallest absolute Gasteiger partial charge is 0.295 e. The molecule has 0 aliphatic rings. The lowest BCUT2D eigenvalue weighted by Gasteiger charge is -2.00. The first-order valence-electron chi connectivity index (χ1n) is 6.07. The molecule has 0 aliphatic heterocycles. The molecule has 0 saturated carbocycles. The molecule has 9 nitrogen and oxygen atoms in total. The second-order valence-electron chi connectivity index (χ2n) is 4.33. The van der Waals surface area contributed by atoms with Gasteiger partial charge < -0.3 is 15.6 Å². The van der Waals surface area contributed by atoms with Gasteiger partial charge in [-0.15, -0.1) is 5.10 Å². The average molecular weight is 296 g/mol. The van der Waals surface area contributed by atoms with Gasteiger partial charge >= 0.3 is 0 Å². The van der Waals surface area contributed by atoms with E-state index in [4.69, 9.17) is 5.26 Å². The average Bonchev–Trinajstić information content (AvgIpc) is 2.90. The molecular weight excluding hydrogens is 288 g/mol. The summed E-state index contributed by atoms with van der Waals surface area (Å²) in [6, 6.07) is 7.45. The maximum atomic E-state index is 11.3. The second kappa shape index (κ2) is 5.02. The molecule has 0 unspecified atom stereocenters. The van der Waals surface area contributed by atoms with Crippen LogP contribution in [0.1, 0.15) is 5.69 Å². The number of rotatable bonds is 2. The topological polar surface area (TPSA) is 129 Å². The zero-order valence-corrected chi connectivity index (χ0v) is 11.0. The summed E-state index contributed by atoms with van der Waals surface area (Å²) >= 11 is 0. The standard InChI is InChI=1S/C13H8N6O3/c14-8-11-7-10(3-6-18(11)21)13-15-12(16-19(13)22)9-1-4-17(20)5-2-9/h1-7,22H. The van der Waals surface area contributed by atoms with Crippen LogP contribution in [0.5, 0.6) is 0 Å². The van der Waals surface area contributed by atoms with Crippen LogP contribution in [0.3, 0.4) is 0 Å². The van der Waals surface area contributed by atoms with E-state index in [0.29, 0.717) is 25.4 Å². The molecule has 3 rings (SSSR count). The zero-order valence-electron chi connectivity index (χ0n) is 11.0. The van der Waals surface area contributed by atoms with Crippen LogP contribution in [0.25, 0.3) is 22.8 Å². The van der Waals surface area contributed by atoms with Crippen molar-refractivity contribution in [1.82, 2.24) is 14.9 Å². The highest BCUT2D eigenvalue weighted by atomic mass is 16.5. The molecule has 0 saturated heterocycles. The van der Waals surface area contributed by atoms with Gasteiger partial charge in [-0.2, -0.15) is 14.7 Å². The molecule has 22 heavy (non-hydrogen) atoms. The molecule has 0 fully saturated rings. The fourth-order valence-electron chi connectivity index (χ4n) is 1.88. The number of nitrogens with zero attached hydrogens (tertiary/aromatic N) is 6. The van der Waals surface area contributed by atoms with Gasteiger partial charge in [0, 0.05) is 35.4 Å². The summed E-state index contributed by atoms with van der Waals surface area (Å²) < 4.78 is 1.02. The maximum Gasteiger partial charge on any atom is 0.295 e. The van der Waals surface area contributed by atoms with Gasteiger partial charge in [-0.05, 0) is 0 Å². The van der Waals surface area contributed by atoms with Crippen LogP contribution >= 0.6 is 0 Å². The highest BCUT2D eigenvalue weighted by Gasteiger charge is 2.16. The Morgan fingerprint density at radius 1 is 1.14 bits per heavy atom. The minimum atomic E-state index is -0.130. The van der Waals surface area contributed by atoms with Crippen LogP contribution in [0.4, 0.5) is 0 Å². The van der Waals surface area contributed by atoms with Gasteiger partial charge in [-0.3, -0.25) is 0 Å². The minimum Gasteiger partial charge on any atom is -0.619 e. The van der Waals surface area contributed by atoms with Gasteiger partial charge in [-0.25, -0.2) is 4.98 Å². The van der Waals surface area contributed by atoms with E-state index in [1.54, 1.807) is 6.07 Å². The molecule has 0 amide bonds. The van der Waals surface area contributed by atoms with E-state index in [1.807, 2.05) is 0 Å². The third kappa shape index (κ3) is 2.25. The van der Waals surface area contributed by atoms with E-state index < -0.39 is 0 Å². The van der Waals surface area contributed by atoms with Crippen LogP contribution in [-0.4, -0.2) is 20.1 Å². The van der Waals surface area contributed by atoms with E-state index in [1.165, 1.54) is 36.7 Å². The summed E-state index contributed by atoms with van der Waals surface area (Å²) in [4.78, 5) is 4.71. The summed E-state index contributed by atoms with van der Waals surface area (Å²) in [7, 11) is 0. The molecule has 0 radical (unpaired) electrons. The molecule has 3 aromatic rings. The molecule has 0 spiro atoms. The summed E-state index contributed by atoms with van der Waals surface area (Å²) in [6.07, 6.45) is 3.71. The third-order valence-corrected chi connectivity index (χ3v) is 2.94. The van der Waals surface area contributed by atoms with Gasteiger partial charge in [0.05, 0.1) is 0 Å². The van der Waals surface area contributed by atoms with Crippen molar-refractivity contribution in [2.75, 3.05) is 0 Å². The number of pyridine rings is 2. The fourth-order valence-corrected chi connectivity index (χ4v) is 1.88. The third-order valence-electron chi connectivity index (χ3n) is 2.94. The lowest BCUT2D eigenvalue weighted by Crippen LogP contribution is -2.29. The molecule has 0 atom stereocenters. The Bertz CT molecular complexity index is 882. The molecular formula is C13H8N6O3. The van der Waals surface area contributed by atoms with Gasteiger partial charge in [0.25, 0.3) is 5.69 Å². The summed E-state index contributed by atoms with van der Waals surface area (Å²) in [5, 5.41) is 44.9. The van der Waals surface area contributed by atoms with Gasteiger partial charge in [-0.1, -0.05) is 4.85 Å². The Hall–Kier alpha value is -3.67. The molecule has 0 bridgehead atoms. The number of aromatic nitrogens is 5. The van der Waals surface area contributed by atoms with E-state index in [2.05, 4.69) is 10.1 Å². The minimum absolute atomic E-state index is 0.0750. The monoisotopic (exact) mass is 296 g/mol. The van der Waals surface area contributed by atoms with Gasteiger partial charge in [0.1, 0.15) is 0 Å². The normalized spacial score (nSPS) is 10.3. The molecule has 3 aromatic heterocycles.